The summed E-state index contributed by atoms with van der Waals surface area (Å²) in [6.45, 7) is 1.50. The summed E-state index contributed by atoms with van der Waals surface area (Å²) < 4.78 is 23.8. The predicted molar refractivity (Wildman–Crippen MR) is 130 cm³/mol. The van der Waals surface area contributed by atoms with E-state index in [0.29, 0.717) is 44.0 Å². The van der Waals surface area contributed by atoms with E-state index in [4.69, 9.17) is 9.47 Å². The van der Waals surface area contributed by atoms with Crippen LogP contribution in [-0.4, -0.2) is 55.5 Å². The van der Waals surface area contributed by atoms with Crippen LogP contribution in [0.25, 0.3) is 0 Å². The SMILES string of the molecule is COCCCN(CC(=O)N(Cc1ccc(F)cc1)Cc1cccs1)C(=O)c1cccc(OC)c1. The molecule has 0 unspecified atom stereocenters. The van der Waals surface area contributed by atoms with Gasteiger partial charge in [-0.25, -0.2) is 4.39 Å². The molecule has 0 saturated carbocycles. The predicted octanol–water partition coefficient (Wildman–Crippen LogP) is 4.60. The van der Waals surface area contributed by atoms with Crippen LogP contribution in [0.1, 0.15) is 27.2 Å². The summed E-state index contributed by atoms with van der Waals surface area (Å²) in [5.74, 6) is -0.190. The molecule has 0 aliphatic rings. The Balaban J connectivity index is 1.80. The van der Waals surface area contributed by atoms with E-state index in [-0.39, 0.29) is 24.2 Å². The van der Waals surface area contributed by atoms with E-state index in [2.05, 4.69) is 0 Å². The number of amides is 2. The molecule has 0 spiro atoms. The molecule has 3 aromatic rings. The topological polar surface area (TPSA) is 59.1 Å². The van der Waals surface area contributed by atoms with Crippen LogP contribution in [0.4, 0.5) is 4.39 Å². The molecule has 0 saturated heterocycles. The highest BCUT2D eigenvalue weighted by Gasteiger charge is 2.23. The smallest absolute Gasteiger partial charge is 0.254 e. The van der Waals surface area contributed by atoms with Gasteiger partial charge in [-0.15, -0.1) is 11.3 Å². The Morgan fingerprint density at radius 1 is 0.971 bits per heavy atom. The molecule has 2 amide bonds. The molecule has 3 rings (SSSR count). The number of ether oxygens (including phenoxy) is 2. The molecule has 0 aliphatic heterocycles. The molecule has 180 valence electrons. The summed E-state index contributed by atoms with van der Waals surface area (Å²) in [5, 5.41) is 1.96. The Morgan fingerprint density at radius 3 is 2.44 bits per heavy atom. The fraction of sp³-hybridized carbons (Fsp3) is 0.308. The number of methoxy groups -OCH3 is 2. The fourth-order valence-electron chi connectivity index (χ4n) is 3.49. The first kappa shape index (κ1) is 25.4. The van der Waals surface area contributed by atoms with Crippen molar-refractivity contribution < 1.29 is 23.5 Å². The molecule has 8 heteroatoms. The minimum absolute atomic E-state index is 0.0771. The molecule has 2 aromatic carbocycles. The number of benzene rings is 2. The van der Waals surface area contributed by atoms with Gasteiger partial charge < -0.3 is 19.3 Å². The average molecular weight is 485 g/mol. The largest absolute Gasteiger partial charge is 0.497 e. The van der Waals surface area contributed by atoms with Gasteiger partial charge in [0, 0.05) is 37.2 Å². The third-order valence-corrected chi connectivity index (χ3v) is 6.13. The number of nitrogens with zero attached hydrogens (tertiary/aromatic N) is 2. The van der Waals surface area contributed by atoms with Crippen LogP contribution in [0.3, 0.4) is 0 Å². The van der Waals surface area contributed by atoms with Crippen molar-refractivity contribution in [3.8, 4) is 5.75 Å². The summed E-state index contributed by atoms with van der Waals surface area (Å²) in [7, 11) is 3.15. The first-order valence-electron chi connectivity index (χ1n) is 11.0. The summed E-state index contributed by atoms with van der Waals surface area (Å²) in [4.78, 5) is 31.0. The molecule has 1 aromatic heterocycles. The van der Waals surface area contributed by atoms with Crippen molar-refractivity contribution in [2.45, 2.75) is 19.5 Å². The highest BCUT2D eigenvalue weighted by molar-refractivity contribution is 7.09. The second-order valence-electron chi connectivity index (χ2n) is 7.76. The molecule has 0 atom stereocenters. The molecule has 6 nitrogen and oxygen atoms in total. The zero-order chi connectivity index (χ0) is 24.3. The zero-order valence-corrected chi connectivity index (χ0v) is 20.2. The minimum atomic E-state index is -0.326. The third kappa shape index (κ3) is 7.40. The van der Waals surface area contributed by atoms with Gasteiger partial charge in [0.15, 0.2) is 0 Å². The van der Waals surface area contributed by atoms with E-state index in [1.807, 2.05) is 17.5 Å². The van der Waals surface area contributed by atoms with Gasteiger partial charge in [0.25, 0.3) is 5.91 Å². The Hall–Kier alpha value is -3.23. The van der Waals surface area contributed by atoms with Gasteiger partial charge in [-0.3, -0.25) is 9.59 Å². The Morgan fingerprint density at radius 2 is 1.76 bits per heavy atom. The Kier molecular flexibility index (Phi) is 9.61. The summed E-state index contributed by atoms with van der Waals surface area (Å²) >= 11 is 1.56. The molecule has 0 N–H and O–H groups in total. The van der Waals surface area contributed by atoms with Gasteiger partial charge in [-0.05, 0) is 53.8 Å². The van der Waals surface area contributed by atoms with Gasteiger partial charge in [0.05, 0.1) is 13.7 Å². The first-order valence-corrected chi connectivity index (χ1v) is 11.8. The second kappa shape index (κ2) is 12.9. The van der Waals surface area contributed by atoms with Crippen molar-refractivity contribution in [3.63, 3.8) is 0 Å². The van der Waals surface area contributed by atoms with Crippen LogP contribution in [0, 0.1) is 5.82 Å². The normalized spacial score (nSPS) is 10.7. The summed E-state index contributed by atoms with van der Waals surface area (Å²) in [6.07, 6.45) is 0.600. The Bertz CT molecular complexity index is 1060. The lowest BCUT2D eigenvalue weighted by Crippen LogP contribution is -2.43. The standard InChI is InChI=1S/C26H29FN2O4S/c1-32-14-5-13-28(26(31)21-6-3-7-23(16-21)33-2)19-25(30)29(18-24-8-4-15-34-24)17-20-9-11-22(27)12-10-20/h3-4,6-12,15-16H,5,13-14,17-19H2,1-2H3. The highest BCUT2D eigenvalue weighted by atomic mass is 32.1. The van der Waals surface area contributed by atoms with Crippen LogP contribution in [0.5, 0.6) is 5.75 Å². The highest BCUT2D eigenvalue weighted by Crippen LogP contribution is 2.18. The zero-order valence-electron chi connectivity index (χ0n) is 19.4. The van der Waals surface area contributed by atoms with Gasteiger partial charge >= 0.3 is 0 Å². The molecule has 0 fully saturated rings. The molecule has 1 heterocycles. The number of rotatable bonds is 12. The number of carbonyl (C=O) groups excluding carboxylic acids is 2. The van der Waals surface area contributed by atoms with Gasteiger partial charge in [-0.2, -0.15) is 0 Å². The van der Waals surface area contributed by atoms with Crippen LogP contribution < -0.4 is 4.74 Å². The maximum atomic E-state index is 13.4. The average Bonchev–Trinajstić information content (AvgIpc) is 3.37. The van der Waals surface area contributed by atoms with Crippen molar-refractivity contribution in [1.82, 2.24) is 9.80 Å². The van der Waals surface area contributed by atoms with E-state index in [1.165, 1.54) is 12.1 Å². The summed E-state index contributed by atoms with van der Waals surface area (Å²) in [5.41, 5.74) is 1.27. The number of thiophene rings is 1. The van der Waals surface area contributed by atoms with Crippen molar-refractivity contribution in [1.29, 1.82) is 0 Å². The van der Waals surface area contributed by atoms with Crippen molar-refractivity contribution in [2.24, 2.45) is 0 Å². The molecular formula is C26H29FN2O4S. The third-order valence-electron chi connectivity index (χ3n) is 5.27. The van der Waals surface area contributed by atoms with Crippen molar-refractivity contribution in [3.05, 3.63) is 87.9 Å². The van der Waals surface area contributed by atoms with Crippen LogP contribution >= 0.6 is 11.3 Å². The van der Waals surface area contributed by atoms with Crippen LogP contribution in [0.2, 0.25) is 0 Å². The fourth-order valence-corrected chi connectivity index (χ4v) is 4.21. The minimum Gasteiger partial charge on any atom is -0.497 e. The number of carbonyl (C=O) groups is 2. The van der Waals surface area contributed by atoms with Gasteiger partial charge in [-0.1, -0.05) is 24.3 Å². The summed E-state index contributed by atoms with van der Waals surface area (Å²) in [6, 6.07) is 16.9. The molecule has 0 aliphatic carbocycles. The lowest BCUT2D eigenvalue weighted by molar-refractivity contribution is -0.133. The lowest BCUT2D eigenvalue weighted by Gasteiger charge is -2.28. The maximum absolute atomic E-state index is 13.4. The molecule has 0 bridgehead atoms. The van der Waals surface area contributed by atoms with E-state index < -0.39 is 0 Å². The van der Waals surface area contributed by atoms with E-state index in [1.54, 1.807) is 71.8 Å². The van der Waals surface area contributed by atoms with Crippen molar-refractivity contribution in [2.75, 3.05) is 33.9 Å². The van der Waals surface area contributed by atoms with Gasteiger partial charge in [0.2, 0.25) is 5.91 Å². The number of hydrogen-bond donors (Lipinski definition) is 0. The number of hydrogen-bond acceptors (Lipinski definition) is 5. The lowest BCUT2D eigenvalue weighted by atomic mass is 10.1. The second-order valence-corrected chi connectivity index (χ2v) is 8.79. The van der Waals surface area contributed by atoms with Gasteiger partial charge in [0.1, 0.15) is 18.1 Å². The molecule has 34 heavy (non-hydrogen) atoms. The quantitative estimate of drug-likeness (QED) is 0.353. The number of halogens is 1. The molecule has 0 radical (unpaired) electrons. The molecular weight excluding hydrogens is 455 g/mol. The first-order chi connectivity index (χ1) is 16.5. The van der Waals surface area contributed by atoms with E-state index in [0.717, 1.165) is 10.4 Å². The maximum Gasteiger partial charge on any atom is 0.254 e. The van der Waals surface area contributed by atoms with Crippen LogP contribution in [0.15, 0.2) is 66.0 Å². The van der Waals surface area contributed by atoms with E-state index >= 15 is 0 Å². The van der Waals surface area contributed by atoms with Crippen LogP contribution in [-0.2, 0) is 22.6 Å². The van der Waals surface area contributed by atoms with Crippen molar-refractivity contribution >= 4 is 23.2 Å². The Labute approximate surface area is 203 Å². The monoisotopic (exact) mass is 484 g/mol. The van der Waals surface area contributed by atoms with E-state index in [9.17, 15) is 14.0 Å².